The van der Waals surface area contributed by atoms with Gasteiger partial charge in [0.1, 0.15) is 5.54 Å². The number of methoxy groups -OCH3 is 1. The molecule has 0 heterocycles. The Bertz CT molecular complexity index is 662. The van der Waals surface area contributed by atoms with Gasteiger partial charge in [-0.25, -0.2) is 4.79 Å². The summed E-state index contributed by atoms with van der Waals surface area (Å²) in [6.07, 6.45) is 1.94. The Hall–Kier alpha value is -2.55. The topological polar surface area (TPSA) is 91.2 Å². The van der Waals surface area contributed by atoms with Gasteiger partial charge in [0.2, 0.25) is 5.91 Å². The smallest absolute Gasteiger partial charge is 0.337 e. The fraction of sp³-hybridized carbons (Fsp3) is 0.471. The van der Waals surface area contributed by atoms with Crippen LogP contribution in [0.4, 0.5) is 5.69 Å². The Kier molecular flexibility index (Phi) is 4.89. The zero-order valence-corrected chi connectivity index (χ0v) is 13.6. The fourth-order valence-corrected chi connectivity index (χ4v) is 2.45. The lowest BCUT2D eigenvalue weighted by Gasteiger charge is -2.23. The number of aryl methyl sites for hydroxylation is 1. The zero-order valence-electron chi connectivity index (χ0n) is 13.6. The summed E-state index contributed by atoms with van der Waals surface area (Å²) in [5, 5.41) is 15.1. The largest absolute Gasteiger partial charge is 0.465 e. The lowest BCUT2D eigenvalue weighted by atomic mass is 9.98. The van der Waals surface area contributed by atoms with Crippen molar-refractivity contribution in [2.24, 2.45) is 5.92 Å². The summed E-state index contributed by atoms with van der Waals surface area (Å²) in [6.45, 7) is 3.67. The van der Waals surface area contributed by atoms with E-state index in [9.17, 15) is 14.9 Å². The molecule has 0 bridgehead atoms. The molecule has 0 aromatic heterocycles. The van der Waals surface area contributed by atoms with Crippen molar-refractivity contribution < 1.29 is 14.3 Å². The fourth-order valence-electron chi connectivity index (χ4n) is 2.45. The number of nitrogens with one attached hydrogen (secondary N) is 2. The van der Waals surface area contributed by atoms with Crippen LogP contribution in [0.3, 0.4) is 0 Å². The Morgan fingerprint density at radius 3 is 2.70 bits per heavy atom. The third kappa shape index (κ3) is 4.01. The second kappa shape index (κ2) is 6.69. The van der Waals surface area contributed by atoms with Gasteiger partial charge in [-0.2, -0.15) is 5.26 Å². The SMILES string of the molecule is COC(=O)c1ccc(C)c(NCC(=O)NC(C)(C#N)C2CC2)c1. The molecule has 1 saturated carbocycles. The Morgan fingerprint density at radius 2 is 2.13 bits per heavy atom. The molecule has 1 atom stereocenters. The minimum atomic E-state index is -0.804. The van der Waals surface area contributed by atoms with Gasteiger partial charge in [-0.15, -0.1) is 0 Å². The van der Waals surface area contributed by atoms with Crippen LogP contribution < -0.4 is 10.6 Å². The molecule has 1 aromatic rings. The molecule has 122 valence electrons. The maximum absolute atomic E-state index is 12.1. The molecule has 6 nitrogen and oxygen atoms in total. The predicted octanol–water partition coefficient (Wildman–Crippen LogP) is 2.00. The third-order valence-electron chi connectivity index (χ3n) is 4.12. The van der Waals surface area contributed by atoms with E-state index in [1.807, 2.05) is 6.92 Å². The van der Waals surface area contributed by atoms with Crippen molar-refractivity contribution in [2.75, 3.05) is 19.0 Å². The van der Waals surface area contributed by atoms with Gasteiger partial charge in [0.25, 0.3) is 0 Å². The van der Waals surface area contributed by atoms with Crippen molar-refractivity contribution in [3.05, 3.63) is 29.3 Å². The average molecular weight is 315 g/mol. The summed E-state index contributed by atoms with van der Waals surface area (Å²) in [6, 6.07) is 7.30. The third-order valence-corrected chi connectivity index (χ3v) is 4.12. The summed E-state index contributed by atoms with van der Waals surface area (Å²) in [7, 11) is 1.32. The number of anilines is 1. The van der Waals surface area contributed by atoms with Gasteiger partial charge in [0, 0.05) is 5.69 Å². The first-order chi connectivity index (χ1) is 10.9. The number of benzene rings is 1. The van der Waals surface area contributed by atoms with Crippen LogP contribution in [0.15, 0.2) is 18.2 Å². The monoisotopic (exact) mass is 315 g/mol. The lowest BCUT2D eigenvalue weighted by molar-refractivity contribution is -0.120. The van der Waals surface area contributed by atoms with E-state index in [2.05, 4.69) is 21.4 Å². The molecule has 2 rings (SSSR count). The highest BCUT2D eigenvalue weighted by Gasteiger charge is 2.42. The normalized spacial score (nSPS) is 15.9. The van der Waals surface area contributed by atoms with Crippen molar-refractivity contribution >= 4 is 17.6 Å². The van der Waals surface area contributed by atoms with Gasteiger partial charge in [0.05, 0.1) is 25.3 Å². The van der Waals surface area contributed by atoms with Crippen molar-refractivity contribution in [3.63, 3.8) is 0 Å². The molecule has 1 unspecified atom stereocenters. The van der Waals surface area contributed by atoms with E-state index < -0.39 is 11.5 Å². The Morgan fingerprint density at radius 1 is 1.43 bits per heavy atom. The quantitative estimate of drug-likeness (QED) is 0.784. The molecule has 1 fully saturated rings. The minimum Gasteiger partial charge on any atom is -0.465 e. The van der Waals surface area contributed by atoms with Crippen LogP contribution in [0.1, 0.15) is 35.7 Å². The van der Waals surface area contributed by atoms with Crippen LogP contribution in [0, 0.1) is 24.2 Å². The van der Waals surface area contributed by atoms with Crippen LogP contribution in [-0.2, 0) is 9.53 Å². The number of esters is 1. The van der Waals surface area contributed by atoms with Gasteiger partial charge in [-0.1, -0.05) is 6.07 Å². The number of carbonyl (C=O) groups is 2. The van der Waals surface area contributed by atoms with Gasteiger partial charge in [-0.3, -0.25) is 4.79 Å². The molecular weight excluding hydrogens is 294 g/mol. The van der Waals surface area contributed by atoms with Crippen molar-refractivity contribution in [2.45, 2.75) is 32.2 Å². The Labute approximate surface area is 135 Å². The van der Waals surface area contributed by atoms with Crippen LogP contribution in [0.2, 0.25) is 0 Å². The molecular formula is C17H21N3O3. The standard InChI is InChI=1S/C17H21N3O3/c1-11-4-5-12(16(22)23-3)8-14(11)19-9-15(21)20-17(2,10-18)13-6-7-13/h4-5,8,13,19H,6-7,9H2,1-3H3,(H,20,21). The van der Waals surface area contributed by atoms with Gasteiger partial charge in [0.15, 0.2) is 0 Å². The zero-order chi connectivity index (χ0) is 17.0. The van der Waals surface area contributed by atoms with E-state index in [0.29, 0.717) is 11.3 Å². The molecule has 0 aliphatic heterocycles. The van der Waals surface area contributed by atoms with Crippen molar-refractivity contribution in [1.29, 1.82) is 5.26 Å². The summed E-state index contributed by atoms with van der Waals surface area (Å²) < 4.78 is 4.69. The molecule has 23 heavy (non-hydrogen) atoms. The van der Waals surface area contributed by atoms with Crippen molar-refractivity contribution in [3.8, 4) is 6.07 Å². The molecule has 0 radical (unpaired) electrons. The van der Waals surface area contributed by atoms with Crippen LogP contribution in [-0.4, -0.2) is 31.1 Å². The number of ether oxygens (including phenoxy) is 1. The van der Waals surface area contributed by atoms with E-state index >= 15 is 0 Å². The number of carbonyl (C=O) groups excluding carboxylic acids is 2. The molecule has 2 N–H and O–H groups in total. The maximum Gasteiger partial charge on any atom is 0.337 e. The van der Waals surface area contributed by atoms with Crippen LogP contribution in [0.5, 0.6) is 0 Å². The Balaban J connectivity index is 1.99. The number of hydrogen-bond acceptors (Lipinski definition) is 5. The number of nitrogens with zero attached hydrogens (tertiary/aromatic N) is 1. The van der Waals surface area contributed by atoms with Gasteiger partial charge < -0.3 is 15.4 Å². The molecule has 1 aliphatic rings. The first kappa shape index (κ1) is 16.8. The molecule has 1 aromatic carbocycles. The first-order valence-corrected chi connectivity index (χ1v) is 7.54. The number of amides is 1. The van der Waals surface area contributed by atoms with Gasteiger partial charge >= 0.3 is 5.97 Å². The van der Waals surface area contributed by atoms with E-state index in [-0.39, 0.29) is 18.4 Å². The van der Waals surface area contributed by atoms with Crippen LogP contribution in [0.25, 0.3) is 0 Å². The molecule has 6 heteroatoms. The minimum absolute atomic E-state index is 0.0372. The number of nitriles is 1. The average Bonchev–Trinajstić information content (AvgIpc) is 3.38. The number of hydrogen-bond donors (Lipinski definition) is 2. The summed E-state index contributed by atoms with van der Waals surface area (Å²) in [5.74, 6) is -0.437. The maximum atomic E-state index is 12.1. The molecule has 0 spiro atoms. The molecule has 0 saturated heterocycles. The highest BCUT2D eigenvalue weighted by molar-refractivity contribution is 5.91. The first-order valence-electron chi connectivity index (χ1n) is 7.54. The van der Waals surface area contributed by atoms with Crippen LogP contribution >= 0.6 is 0 Å². The molecule has 1 aliphatic carbocycles. The van der Waals surface area contributed by atoms with Crippen molar-refractivity contribution in [1.82, 2.24) is 5.32 Å². The van der Waals surface area contributed by atoms with E-state index in [4.69, 9.17) is 0 Å². The highest BCUT2D eigenvalue weighted by Crippen LogP contribution is 2.39. The predicted molar refractivity (Wildman–Crippen MR) is 85.9 cm³/mol. The number of rotatable bonds is 6. The second-order valence-electron chi connectivity index (χ2n) is 6.01. The van der Waals surface area contributed by atoms with E-state index in [1.165, 1.54) is 7.11 Å². The van der Waals surface area contributed by atoms with Gasteiger partial charge in [-0.05, 0) is 50.3 Å². The summed E-state index contributed by atoms with van der Waals surface area (Å²) >= 11 is 0. The lowest BCUT2D eigenvalue weighted by Crippen LogP contribution is -2.48. The summed E-state index contributed by atoms with van der Waals surface area (Å²) in [4.78, 5) is 23.7. The van der Waals surface area contributed by atoms with E-state index in [0.717, 1.165) is 18.4 Å². The second-order valence-corrected chi connectivity index (χ2v) is 6.01. The highest BCUT2D eigenvalue weighted by atomic mass is 16.5. The summed E-state index contributed by atoms with van der Waals surface area (Å²) in [5.41, 5.74) is 1.21. The molecule has 1 amide bonds. The van der Waals surface area contributed by atoms with E-state index in [1.54, 1.807) is 25.1 Å².